The van der Waals surface area contributed by atoms with Gasteiger partial charge in [-0.15, -0.1) is 0 Å². The standard InChI is InChI=1S/C11H12BrN5/c1-7(8-3-2-4-14-5-8)17-11-9(12)10(13)15-6-16-11/h2-7H,1H3,(H3,13,15,16,17). The third-order valence-electron chi connectivity index (χ3n) is 2.35. The van der Waals surface area contributed by atoms with Crippen molar-refractivity contribution in [3.8, 4) is 0 Å². The number of halogens is 1. The maximum Gasteiger partial charge on any atom is 0.146 e. The Bertz CT molecular complexity index is 502. The molecule has 17 heavy (non-hydrogen) atoms. The first-order valence-electron chi connectivity index (χ1n) is 5.11. The third-order valence-corrected chi connectivity index (χ3v) is 3.14. The molecule has 0 aromatic carbocycles. The molecule has 0 saturated carbocycles. The summed E-state index contributed by atoms with van der Waals surface area (Å²) in [4.78, 5) is 12.1. The maximum absolute atomic E-state index is 5.68. The van der Waals surface area contributed by atoms with Crippen LogP contribution in [0.15, 0.2) is 35.3 Å². The van der Waals surface area contributed by atoms with Crippen molar-refractivity contribution in [3.05, 3.63) is 40.9 Å². The van der Waals surface area contributed by atoms with Gasteiger partial charge in [-0.25, -0.2) is 9.97 Å². The van der Waals surface area contributed by atoms with Gasteiger partial charge < -0.3 is 11.1 Å². The topological polar surface area (TPSA) is 76.7 Å². The van der Waals surface area contributed by atoms with E-state index in [4.69, 9.17) is 5.73 Å². The lowest BCUT2D eigenvalue weighted by Gasteiger charge is -2.15. The molecule has 0 aliphatic rings. The second kappa shape index (κ2) is 5.09. The van der Waals surface area contributed by atoms with Gasteiger partial charge in [0.05, 0.1) is 6.04 Å². The fourth-order valence-corrected chi connectivity index (χ4v) is 1.72. The summed E-state index contributed by atoms with van der Waals surface area (Å²) in [6, 6.07) is 3.99. The Morgan fingerprint density at radius 2 is 2.24 bits per heavy atom. The number of nitrogens with two attached hydrogens (primary N) is 1. The van der Waals surface area contributed by atoms with Gasteiger partial charge in [0.15, 0.2) is 0 Å². The Labute approximate surface area is 108 Å². The van der Waals surface area contributed by atoms with Crippen molar-refractivity contribution in [1.82, 2.24) is 15.0 Å². The van der Waals surface area contributed by atoms with Crippen molar-refractivity contribution in [2.45, 2.75) is 13.0 Å². The Morgan fingerprint density at radius 3 is 2.94 bits per heavy atom. The van der Waals surface area contributed by atoms with Crippen molar-refractivity contribution < 1.29 is 0 Å². The predicted octanol–water partition coefficient (Wildman–Crippen LogP) is 2.39. The molecule has 0 radical (unpaired) electrons. The van der Waals surface area contributed by atoms with Crippen molar-refractivity contribution in [3.63, 3.8) is 0 Å². The van der Waals surface area contributed by atoms with Crippen LogP contribution in [-0.4, -0.2) is 15.0 Å². The summed E-state index contributed by atoms with van der Waals surface area (Å²) in [7, 11) is 0. The van der Waals surface area contributed by atoms with E-state index in [0.29, 0.717) is 16.1 Å². The van der Waals surface area contributed by atoms with Gasteiger partial charge in [-0.05, 0) is 34.5 Å². The molecule has 88 valence electrons. The molecule has 0 aliphatic heterocycles. The normalized spacial score (nSPS) is 12.1. The van der Waals surface area contributed by atoms with E-state index in [1.807, 2.05) is 25.3 Å². The predicted molar refractivity (Wildman–Crippen MR) is 70.4 cm³/mol. The smallest absolute Gasteiger partial charge is 0.146 e. The Balaban J connectivity index is 2.19. The van der Waals surface area contributed by atoms with E-state index in [2.05, 4.69) is 36.2 Å². The summed E-state index contributed by atoms with van der Waals surface area (Å²) in [5.41, 5.74) is 6.76. The Hall–Kier alpha value is -1.69. The highest BCUT2D eigenvalue weighted by Gasteiger charge is 2.10. The average Bonchev–Trinajstić information content (AvgIpc) is 2.36. The summed E-state index contributed by atoms with van der Waals surface area (Å²) < 4.78 is 0.677. The van der Waals surface area contributed by atoms with Gasteiger partial charge >= 0.3 is 0 Å². The van der Waals surface area contributed by atoms with Gasteiger partial charge in [0, 0.05) is 12.4 Å². The van der Waals surface area contributed by atoms with Crippen molar-refractivity contribution in [2.75, 3.05) is 11.1 Å². The minimum atomic E-state index is 0.0919. The average molecular weight is 294 g/mol. The molecule has 5 nitrogen and oxygen atoms in total. The molecule has 1 unspecified atom stereocenters. The molecule has 2 aromatic heterocycles. The van der Waals surface area contributed by atoms with E-state index in [1.165, 1.54) is 6.33 Å². The monoisotopic (exact) mass is 293 g/mol. The van der Waals surface area contributed by atoms with Gasteiger partial charge in [0.25, 0.3) is 0 Å². The summed E-state index contributed by atoms with van der Waals surface area (Å²) >= 11 is 3.35. The van der Waals surface area contributed by atoms with Crippen LogP contribution in [0.3, 0.4) is 0 Å². The summed E-state index contributed by atoms with van der Waals surface area (Å²) in [6.07, 6.45) is 4.99. The zero-order chi connectivity index (χ0) is 12.3. The number of pyridine rings is 1. The number of nitrogens with zero attached hydrogens (tertiary/aromatic N) is 3. The molecule has 0 spiro atoms. The van der Waals surface area contributed by atoms with Crippen LogP contribution in [-0.2, 0) is 0 Å². The van der Waals surface area contributed by atoms with Gasteiger partial charge in [0.1, 0.15) is 22.4 Å². The Morgan fingerprint density at radius 1 is 1.41 bits per heavy atom. The molecule has 0 amide bonds. The Kier molecular flexibility index (Phi) is 3.53. The molecule has 1 atom stereocenters. The second-order valence-electron chi connectivity index (χ2n) is 3.57. The van der Waals surface area contributed by atoms with E-state index >= 15 is 0 Å². The zero-order valence-corrected chi connectivity index (χ0v) is 10.8. The van der Waals surface area contributed by atoms with E-state index < -0.39 is 0 Å². The lowest BCUT2D eigenvalue weighted by atomic mass is 10.1. The summed E-state index contributed by atoms with van der Waals surface area (Å²) in [5.74, 6) is 1.09. The summed E-state index contributed by atoms with van der Waals surface area (Å²) in [6.45, 7) is 2.03. The minimum absolute atomic E-state index is 0.0919. The van der Waals surface area contributed by atoms with E-state index in [-0.39, 0.29) is 6.04 Å². The zero-order valence-electron chi connectivity index (χ0n) is 9.26. The second-order valence-corrected chi connectivity index (χ2v) is 4.37. The first-order chi connectivity index (χ1) is 8.18. The molecular formula is C11H12BrN5. The van der Waals surface area contributed by atoms with Crippen LogP contribution < -0.4 is 11.1 Å². The number of aromatic nitrogens is 3. The van der Waals surface area contributed by atoms with Crippen molar-refractivity contribution in [2.24, 2.45) is 0 Å². The highest BCUT2D eigenvalue weighted by molar-refractivity contribution is 9.10. The van der Waals surface area contributed by atoms with E-state index in [0.717, 1.165) is 5.56 Å². The van der Waals surface area contributed by atoms with Crippen LogP contribution in [0.4, 0.5) is 11.6 Å². The van der Waals surface area contributed by atoms with Gasteiger partial charge in [-0.3, -0.25) is 4.98 Å². The summed E-state index contributed by atoms with van der Waals surface area (Å²) in [5, 5.41) is 3.25. The number of nitrogen functional groups attached to an aromatic ring is 1. The number of hydrogen-bond donors (Lipinski definition) is 2. The largest absolute Gasteiger partial charge is 0.383 e. The third kappa shape index (κ3) is 2.71. The van der Waals surface area contributed by atoms with E-state index in [1.54, 1.807) is 6.20 Å². The quantitative estimate of drug-likeness (QED) is 0.909. The molecular weight excluding hydrogens is 282 g/mol. The lowest BCUT2D eigenvalue weighted by molar-refractivity contribution is 0.862. The van der Waals surface area contributed by atoms with Crippen molar-refractivity contribution in [1.29, 1.82) is 0 Å². The molecule has 0 fully saturated rings. The van der Waals surface area contributed by atoms with Crippen LogP contribution in [0.25, 0.3) is 0 Å². The highest BCUT2D eigenvalue weighted by atomic mass is 79.9. The molecule has 0 saturated heterocycles. The fraction of sp³-hybridized carbons (Fsp3) is 0.182. The van der Waals surface area contributed by atoms with Crippen LogP contribution in [0.5, 0.6) is 0 Å². The SMILES string of the molecule is CC(Nc1ncnc(N)c1Br)c1cccnc1. The van der Waals surface area contributed by atoms with Crippen LogP contribution in [0.1, 0.15) is 18.5 Å². The number of rotatable bonds is 3. The van der Waals surface area contributed by atoms with Crippen LogP contribution >= 0.6 is 15.9 Å². The molecule has 3 N–H and O–H groups in total. The molecule has 2 heterocycles. The molecule has 0 aliphatic carbocycles. The van der Waals surface area contributed by atoms with Crippen LogP contribution in [0, 0.1) is 0 Å². The fourth-order valence-electron chi connectivity index (χ4n) is 1.40. The highest BCUT2D eigenvalue weighted by Crippen LogP contribution is 2.27. The number of nitrogens with one attached hydrogen (secondary N) is 1. The van der Waals surface area contributed by atoms with Gasteiger partial charge in [-0.1, -0.05) is 6.07 Å². The van der Waals surface area contributed by atoms with Gasteiger partial charge in [0.2, 0.25) is 0 Å². The van der Waals surface area contributed by atoms with Crippen LogP contribution in [0.2, 0.25) is 0 Å². The first-order valence-corrected chi connectivity index (χ1v) is 5.90. The first kappa shape index (κ1) is 11.8. The number of hydrogen-bond acceptors (Lipinski definition) is 5. The number of anilines is 2. The van der Waals surface area contributed by atoms with E-state index in [9.17, 15) is 0 Å². The lowest BCUT2D eigenvalue weighted by Crippen LogP contribution is -2.09. The molecule has 6 heteroatoms. The molecule has 2 aromatic rings. The molecule has 0 bridgehead atoms. The van der Waals surface area contributed by atoms with Gasteiger partial charge in [-0.2, -0.15) is 0 Å². The molecule has 2 rings (SSSR count). The minimum Gasteiger partial charge on any atom is -0.383 e. The maximum atomic E-state index is 5.68. The van der Waals surface area contributed by atoms with Crippen molar-refractivity contribution >= 4 is 27.6 Å².